The summed E-state index contributed by atoms with van der Waals surface area (Å²) in [5, 5.41) is 16.8. The first-order chi connectivity index (χ1) is 18.7. The van der Waals surface area contributed by atoms with Gasteiger partial charge in [-0.1, -0.05) is 55.5 Å². The lowest BCUT2D eigenvalue weighted by Crippen LogP contribution is -2.59. The van der Waals surface area contributed by atoms with Gasteiger partial charge in [0.15, 0.2) is 0 Å². The van der Waals surface area contributed by atoms with Crippen LogP contribution in [0.1, 0.15) is 77.1 Å². The Kier molecular flexibility index (Phi) is 11.9. The Balaban J connectivity index is 2.61. The number of amides is 3. The minimum Gasteiger partial charge on any atom is -0.507 e. The average molecular weight is 572 g/mol. The smallest absolute Gasteiger partial charge is 0.408 e. The minimum atomic E-state index is -1.15. The Labute approximate surface area is 243 Å². The van der Waals surface area contributed by atoms with E-state index < -0.39 is 41.1 Å². The molecular weight excluding hydrogens is 526 g/mol. The number of aryl methyl sites for hydroxylation is 1. The minimum absolute atomic E-state index is 0.0483. The second kappa shape index (κ2) is 14.4. The molecule has 0 heterocycles. The Bertz CT molecular complexity index is 1150. The number of nitrogens with one attached hydrogen (secondary N) is 2. The van der Waals surface area contributed by atoms with Gasteiger partial charge in [-0.3, -0.25) is 9.59 Å². The fourth-order valence-corrected chi connectivity index (χ4v) is 4.71. The summed E-state index contributed by atoms with van der Waals surface area (Å²) in [5.74, 6) is -0.298. The topological polar surface area (TPSA) is 108 Å². The van der Waals surface area contributed by atoms with E-state index in [9.17, 15) is 19.5 Å². The first kappa shape index (κ1) is 33.0. The summed E-state index contributed by atoms with van der Waals surface area (Å²) in [7, 11) is 0. The second-order valence-electron chi connectivity index (χ2n) is 11.5. The number of carbonyl (C=O) groups is 3. The molecular formula is C31H45N3O5S. The highest BCUT2D eigenvalue weighted by atomic mass is 32.2. The predicted molar refractivity (Wildman–Crippen MR) is 161 cm³/mol. The first-order valence-corrected chi connectivity index (χ1v) is 15.0. The Hall–Kier alpha value is -3.20. The lowest BCUT2D eigenvalue weighted by molar-refractivity contribution is -0.149. The molecule has 0 bridgehead atoms. The lowest BCUT2D eigenvalue weighted by atomic mass is 9.90. The molecule has 8 nitrogen and oxygen atoms in total. The third-order valence-corrected chi connectivity index (χ3v) is 7.38. The predicted octanol–water partition coefficient (Wildman–Crippen LogP) is 5.72. The summed E-state index contributed by atoms with van der Waals surface area (Å²) in [6.07, 6.45) is 2.08. The van der Waals surface area contributed by atoms with Gasteiger partial charge in [0.05, 0.1) is 0 Å². The first-order valence-electron chi connectivity index (χ1n) is 13.6. The highest BCUT2D eigenvalue weighted by Gasteiger charge is 2.44. The van der Waals surface area contributed by atoms with Crippen LogP contribution in [0.2, 0.25) is 0 Å². The van der Waals surface area contributed by atoms with E-state index in [2.05, 4.69) is 10.6 Å². The molecule has 0 aliphatic heterocycles. The van der Waals surface area contributed by atoms with Crippen LogP contribution in [0.3, 0.4) is 0 Å². The summed E-state index contributed by atoms with van der Waals surface area (Å²) in [5.41, 5.74) is 0.259. The second-order valence-corrected chi connectivity index (χ2v) is 12.5. The van der Waals surface area contributed by atoms with Crippen molar-refractivity contribution in [2.75, 3.05) is 12.0 Å². The summed E-state index contributed by atoms with van der Waals surface area (Å²) in [6, 6.07) is 12.6. The van der Waals surface area contributed by atoms with Gasteiger partial charge in [0.25, 0.3) is 0 Å². The van der Waals surface area contributed by atoms with E-state index in [4.69, 9.17) is 4.74 Å². The Morgan fingerprint density at radius 1 is 1.02 bits per heavy atom. The maximum atomic E-state index is 14.4. The zero-order valence-corrected chi connectivity index (χ0v) is 25.9. The van der Waals surface area contributed by atoms with Crippen LogP contribution in [0.15, 0.2) is 48.5 Å². The van der Waals surface area contributed by atoms with Crippen LogP contribution in [-0.4, -0.2) is 57.1 Å². The summed E-state index contributed by atoms with van der Waals surface area (Å²) < 4.78 is 5.46. The van der Waals surface area contributed by atoms with Crippen LogP contribution in [0.4, 0.5) is 4.79 Å². The number of phenolic OH excluding ortho intramolecular Hbond substituents is 1. The van der Waals surface area contributed by atoms with Crippen LogP contribution in [-0.2, 0) is 20.9 Å². The largest absolute Gasteiger partial charge is 0.507 e. The maximum absolute atomic E-state index is 14.4. The molecule has 0 saturated carbocycles. The number of rotatable bonds is 12. The molecule has 9 heteroatoms. The quantitative estimate of drug-likeness (QED) is 0.301. The molecule has 0 radical (unpaired) electrons. The van der Waals surface area contributed by atoms with Crippen molar-refractivity contribution in [1.82, 2.24) is 15.5 Å². The monoisotopic (exact) mass is 571 g/mol. The molecule has 40 heavy (non-hydrogen) atoms. The van der Waals surface area contributed by atoms with Crippen molar-refractivity contribution in [3.05, 3.63) is 65.2 Å². The SMILES string of the molecule is CCC(C)(C)N(C(=O)C(CCSC)NC(=O)OC(C)(C)C)C(C(=O)NCc1ccccc1)c1cccc(C)c1O. The van der Waals surface area contributed by atoms with E-state index in [1.165, 1.54) is 4.90 Å². The highest BCUT2D eigenvalue weighted by Crippen LogP contribution is 2.37. The van der Waals surface area contributed by atoms with Crippen molar-refractivity contribution in [2.24, 2.45) is 0 Å². The van der Waals surface area contributed by atoms with E-state index in [1.807, 2.05) is 57.4 Å². The molecule has 2 aromatic carbocycles. The number of para-hydroxylation sites is 1. The fraction of sp³-hybridized carbons (Fsp3) is 0.516. The van der Waals surface area contributed by atoms with Crippen molar-refractivity contribution >= 4 is 29.7 Å². The molecule has 0 aliphatic carbocycles. The van der Waals surface area contributed by atoms with Crippen molar-refractivity contribution in [3.63, 3.8) is 0 Å². The summed E-state index contributed by atoms with van der Waals surface area (Å²) in [4.78, 5) is 42.7. The molecule has 3 N–H and O–H groups in total. The van der Waals surface area contributed by atoms with E-state index in [1.54, 1.807) is 57.7 Å². The van der Waals surface area contributed by atoms with Crippen LogP contribution >= 0.6 is 11.8 Å². The van der Waals surface area contributed by atoms with Crippen LogP contribution in [0.5, 0.6) is 5.75 Å². The number of hydrogen-bond acceptors (Lipinski definition) is 6. The third-order valence-electron chi connectivity index (χ3n) is 6.73. The molecule has 2 unspecified atom stereocenters. The number of benzene rings is 2. The maximum Gasteiger partial charge on any atom is 0.408 e. The molecule has 0 aromatic heterocycles. The number of nitrogens with zero attached hydrogens (tertiary/aromatic N) is 1. The molecule has 2 rings (SSSR count). The van der Waals surface area contributed by atoms with Gasteiger partial charge in [-0.15, -0.1) is 0 Å². The summed E-state index contributed by atoms with van der Waals surface area (Å²) >= 11 is 1.55. The molecule has 2 atom stereocenters. The molecule has 0 aliphatic rings. The standard InChI is InChI=1S/C31H45N3O5S/c1-9-31(6,7)34(28(37)24(18-19-40-8)33-29(38)39-30(3,4)5)25(23-17-13-14-21(2)26(23)35)27(36)32-20-22-15-11-10-12-16-22/h10-17,24-25,35H,9,18-20H2,1-8H3,(H,32,36)(H,33,38). The van der Waals surface area contributed by atoms with Gasteiger partial charge in [0, 0.05) is 17.6 Å². The van der Waals surface area contributed by atoms with Crippen molar-refractivity contribution in [2.45, 2.75) is 91.1 Å². The van der Waals surface area contributed by atoms with Gasteiger partial charge in [-0.2, -0.15) is 11.8 Å². The van der Waals surface area contributed by atoms with Gasteiger partial charge in [-0.25, -0.2) is 4.79 Å². The molecule has 3 amide bonds. The third kappa shape index (κ3) is 9.18. The highest BCUT2D eigenvalue weighted by molar-refractivity contribution is 7.98. The zero-order valence-electron chi connectivity index (χ0n) is 25.0. The molecule has 220 valence electrons. The number of phenols is 1. The van der Waals surface area contributed by atoms with E-state index in [-0.39, 0.29) is 12.3 Å². The van der Waals surface area contributed by atoms with Crippen LogP contribution in [0, 0.1) is 6.92 Å². The number of ether oxygens (including phenoxy) is 1. The van der Waals surface area contributed by atoms with Gasteiger partial charge in [0.1, 0.15) is 23.4 Å². The van der Waals surface area contributed by atoms with Gasteiger partial charge >= 0.3 is 6.09 Å². The van der Waals surface area contributed by atoms with Crippen molar-refractivity contribution in [1.29, 1.82) is 0 Å². The van der Waals surface area contributed by atoms with Gasteiger partial charge < -0.3 is 25.4 Å². The normalized spacial score (nSPS) is 13.2. The van der Waals surface area contributed by atoms with Gasteiger partial charge in [0.2, 0.25) is 11.8 Å². The number of carbonyl (C=O) groups excluding carboxylic acids is 3. The van der Waals surface area contributed by atoms with Crippen LogP contribution < -0.4 is 10.6 Å². The average Bonchev–Trinajstić information content (AvgIpc) is 2.89. The van der Waals surface area contributed by atoms with E-state index in [0.717, 1.165) is 5.56 Å². The van der Waals surface area contributed by atoms with E-state index >= 15 is 0 Å². The van der Waals surface area contributed by atoms with Crippen LogP contribution in [0.25, 0.3) is 0 Å². The lowest BCUT2D eigenvalue weighted by Gasteiger charge is -2.44. The molecule has 0 saturated heterocycles. The number of aromatic hydroxyl groups is 1. The molecule has 0 spiro atoms. The fourth-order valence-electron chi connectivity index (χ4n) is 4.24. The zero-order chi connectivity index (χ0) is 30.1. The van der Waals surface area contributed by atoms with Crippen molar-refractivity contribution in [3.8, 4) is 5.75 Å². The Morgan fingerprint density at radius 3 is 2.25 bits per heavy atom. The number of alkyl carbamates (subject to hydrolysis) is 1. The van der Waals surface area contributed by atoms with Crippen molar-refractivity contribution < 1.29 is 24.2 Å². The number of hydrogen-bond donors (Lipinski definition) is 3. The Morgan fingerprint density at radius 2 is 1.68 bits per heavy atom. The van der Waals surface area contributed by atoms with Gasteiger partial charge in [-0.05, 0) is 77.5 Å². The molecule has 2 aromatic rings. The van der Waals surface area contributed by atoms with E-state index in [0.29, 0.717) is 29.7 Å². The summed E-state index contributed by atoms with van der Waals surface area (Å²) in [6.45, 7) is 13.0. The number of thioether (sulfide) groups is 1. The molecule has 0 fully saturated rings.